The number of hydrogen-bond acceptors (Lipinski definition) is 2. The molecular formula is C13H19NO2. The van der Waals surface area contributed by atoms with Crippen LogP contribution in [0.25, 0.3) is 0 Å². The molecule has 0 aliphatic carbocycles. The molecule has 2 N–H and O–H groups in total. The van der Waals surface area contributed by atoms with Gasteiger partial charge in [0.15, 0.2) is 0 Å². The lowest BCUT2D eigenvalue weighted by Crippen LogP contribution is -2.25. The van der Waals surface area contributed by atoms with E-state index in [0.29, 0.717) is 12.5 Å². The molecule has 88 valence electrons. The molecule has 1 rings (SSSR count). The quantitative estimate of drug-likeness (QED) is 0.791. The van der Waals surface area contributed by atoms with Gasteiger partial charge in [-0.15, -0.1) is 0 Å². The van der Waals surface area contributed by atoms with Gasteiger partial charge < -0.3 is 10.4 Å². The van der Waals surface area contributed by atoms with Crippen LogP contribution in [0.5, 0.6) is 0 Å². The van der Waals surface area contributed by atoms with Gasteiger partial charge in [0.25, 0.3) is 0 Å². The molecule has 1 amide bonds. The number of carbonyl (C=O) groups excluding carboxylic acids is 1. The molecule has 3 heteroatoms. The second-order valence-corrected chi connectivity index (χ2v) is 4.35. The van der Waals surface area contributed by atoms with E-state index in [1.54, 1.807) is 0 Å². The number of amides is 1. The van der Waals surface area contributed by atoms with E-state index in [2.05, 4.69) is 31.3 Å². The summed E-state index contributed by atoms with van der Waals surface area (Å²) in [5.41, 5.74) is 2.36. The number of carbonyl (C=O) groups is 1. The van der Waals surface area contributed by atoms with Crippen molar-refractivity contribution in [3.05, 3.63) is 35.4 Å². The Morgan fingerprint density at radius 2 is 1.81 bits per heavy atom. The van der Waals surface area contributed by atoms with Gasteiger partial charge >= 0.3 is 0 Å². The van der Waals surface area contributed by atoms with Gasteiger partial charge in [-0.2, -0.15) is 0 Å². The van der Waals surface area contributed by atoms with Crippen LogP contribution < -0.4 is 5.32 Å². The Balaban J connectivity index is 2.48. The molecule has 0 aliphatic rings. The largest absolute Gasteiger partial charge is 0.387 e. The lowest BCUT2D eigenvalue weighted by atomic mass is 10.0. The maximum absolute atomic E-state index is 10.8. The first-order chi connectivity index (χ1) is 7.61. The Bertz CT molecular complexity index is 330. The minimum absolute atomic E-state index is 0.341. The monoisotopic (exact) mass is 221 g/mol. The minimum atomic E-state index is -0.453. The van der Waals surface area contributed by atoms with Gasteiger partial charge in [0.1, 0.15) is 6.61 Å². The molecule has 0 unspecified atom stereocenters. The normalized spacial score (nSPS) is 10.5. The number of aliphatic hydroxyl groups is 1. The Kier molecular flexibility index (Phi) is 4.99. The van der Waals surface area contributed by atoms with Gasteiger partial charge in [0.05, 0.1) is 0 Å². The van der Waals surface area contributed by atoms with Crippen LogP contribution in [0.4, 0.5) is 0 Å². The van der Waals surface area contributed by atoms with E-state index in [4.69, 9.17) is 5.11 Å². The van der Waals surface area contributed by atoms with Crippen molar-refractivity contribution < 1.29 is 9.90 Å². The summed E-state index contributed by atoms with van der Waals surface area (Å²) in [5.74, 6) is 0.311. The first-order valence-corrected chi connectivity index (χ1v) is 5.57. The van der Waals surface area contributed by atoms with E-state index in [1.807, 2.05) is 12.1 Å². The zero-order chi connectivity index (χ0) is 12.0. The zero-order valence-electron chi connectivity index (χ0n) is 9.86. The molecule has 0 bridgehead atoms. The van der Waals surface area contributed by atoms with Gasteiger partial charge in [-0.05, 0) is 23.5 Å². The molecule has 0 fully saturated rings. The molecule has 0 heterocycles. The summed E-state index contributed by atoms with van der Waals surface area (Å²) in [6, 6.07) is 8.19. The number of rotatable bonds is 5. The van der Waals surface area contributed by atoms with Gasteiger partial charge in [0, 0.05) is 6.54 Å². The topological polar surface area (TPSA) is 49.3 Å². The molecular weight excluding hydrogens is 202 g/mol. The summed E-state index contributed by atoms with van der Waals surface area (Å²) in [4.78, 5) is 10.8. The first-order valence-electron chi connectivity index (χ1n) is 5.57. The predicted molar refractivity (Wildman–Crippen MR) is 63.9 cm³/mol. The summed E-state index contributed by atoms with van der Waals surface area (Å²) in [6.07, 6.45) is 1.07. The van der Waals surface area contributed by atoms with E-state index >= 15 is 0 Å². The van der Waals surface area contributed by atoms with Crippen molar-refractivity contribution in [2.24, 2.45) is 5.92 Å². The summed E-state index contributed by atoms with van der Waals surface area (Å²) in [5, 5.41) is 11.2. The van der Waals surface area contributed by atoms with Crippen LogP contribution in [0, 0.1) is 5.92 Å². The number of aliphatic hydroxyl groups excluding tert-OH is 1. The SMILES string of the molecule is CC(C)Cc1ccc(CNC(=O)CO)cc1. The van der Waals surface area contributed by atoms with Gasteiger partial charge in [-0.3, -0.25) is 4.79 Å². The third kappa shape index (κ3) is 4.45. The lowest BCUT2D eigenvalue weighted by Gasteiger charge is -2.07. The average molecular weight is 221 g/mol. The van der Waals surface area contributed by atoms with E-state index in [1.165, 1.54) is 5.56 Å². The Hall–Kier alpha value is -1.35. The Morgan fingerprint density at radius 1 is 1.25 bits per heavy atom. The molecule has 3 nitrogen and oxygen atoms in total. The van der Waals surface area contributed by atoms with Crippen molar-refractivity contribution in [1.29, 1.82) is 0 Å². The van der Waals surface area contributed by atoms with Crippen LogP contribution in [0.3, 0.4) is 0 Å². The second-order valence-electron chi connectivity index (χ2n) is 4.35. The fourth-order valence-electron chi connectivity index (χ4n) is 1.52. The summed E-state index contributed by atoms with van der Waals surface area (Å²) in [6.45, 7) is 4.40. The molecule has 0 aliphatic heterocycles. The zero-order valence-corrected chi connectivity index (χ0v) is 9.86. The first kappa shape index (κ1) is 12.7. The van der Waals surface area contributed by atoms with E-state index in [9.17, 15) is 4.79 Å². The van der Waals surface area contributed by atoms with Crippen LogP contribution in [0.15, 0.2) is 24.3 Å². The van der Waals surface area contributed by atoms with Gasteiger partial charge in [-0.25, -0.2) is 0 Å². The molecule has 1 aromatic rings. The molecule has 0 saturated carbocycles. The van der Waals surface area contributed by atoms with Crippen LogP contribution in [-0.2, 0) is 17.8 Å². The molecule has 0 saturated heterocycles. The average Bonchev–Trinajstić information content (AvgIpc) is 2.27. The maximum Gasteiger partial charge on any atom is 0.245 e. The summed E-state index contributed by atoms with van der Waals surface area (Å²) < 4.78 is 0. The molecule has 0 radical (unpaired) electrons. The van der Waals surface area contributed by atoms with Crippen LogP contribution >= 0.6 is 0 Å². The fraction of sp³-hybridized carbons (Fsp3) is 0.462. The molecule has 16 heavy (non-hydrogen) atoms. The predicted octanol–water partition coefficient (Wildman–Crippen LogP) is 1.49. The van der Waals surface area contributed by atoms with E-state index in [0.717, 1.165) is 12.0 Å². The molecule has 1 aromatic carbocycles. The summed E-state index contributed by atoms with van der Waals surface area (Å²) in [7, 11) is 0. The van der Waals surface area contributed by atoms with Crippen LogP contribution in [0.2, 0.25) is 0 Å². The highest BCUT2D eigenvalue weighted by atomic mass is 16.3. The molecule has 0 spiro atoms. The Labute approximate surface area is 96.5 Å². The number of hydrogen-bond donors (Lipinski definition) is 2. The minimum Gasteiger partial charge on any atom is -0.387 e. The number of nitrogens with one attached hydrogen (secondary N) is 1. The van der Waals surface area contributed by atoms with Crippen molar-refractivity contribution in [2.75, 3.05) is 6.61 Å². The van der Waals surface area contributed by atoms with E-state index < -0.39 is 6.61 Å². The van der Waals surface area contributed by atoms with Crippen LogP contribution in [0.1, 0.15) is 25.0 Å². The van der Waals surface area contributed by atoms with Crippen molar-refractivity contribution in [3.63, 3.8) is 0 Å². The smallest absolute Gasteiger partial charge is 0.245 e. The summed E-state index contributed by atoms with van der Waals surface area (Å²) >= 11 is 0. The highest BCUT2D eigenvalue weighted by Gasteiger charge is 2.00. The fourth-order valence-corrected chi connectivity index (χ4v) is 1.52. The third-order valence-corrected chi connectivity index (χ3v) is 2.30. The molecule has 0 aromatic heterocycles. The van der Waals surface area contributed by atoms with Gasteiger partial charge in [-0.1, -0.05) is 38.1 Å². The van der Waals surface area contributed by atoms with E-state index in [-0.39, 0.29) is 5.91 Å². The van der Waals surface area contributed by atoms with Crippen molar-refractivity contribution in [3.8, 4) is 0 Å². The Morgan fingerprint density at radius 3 is 2.31 bits per heavy atom. The standard InChI is InChI=1S/C13H19NO2/c1-10(2)7-11-3-5-12(6-4-11)8-14-13(16)9-15/h3-6,10,15H,7-9H2,1-2H3,(H,14,16). The number of benzene rings is 1. The maximum atomic E-state index is 10.8. The second kappa shape index (κ2) is 6.28. The van der Waals surface area contributed by atoms with Gasteiger partial charge in [0.2, 0.25) is 5.91 Å². The third-order valence-electron chi connectivity index (χ3n) is 2.30. The highest BCUT2D eigenvalue weighted by Crippen LogP contribution is 2.09. The molecule has 0 atom stereocenters. The van der Waals surface area contributed by atoms with Crippen LogP contribution in [-0.4, -0.2) is 17.6 Å². The highest BCUT2D eigenvalue weighted by molar-refractivity contribution is 5.76. The van der Waals surface area contributed by atoms with Crippen molar-refractivity contribution >= 4 is 5.91 Å². The lowest BCUT2D eigenvalue weighted by molar-refractivity contribution is -0.123. The van der Waals surface area contributed by atoms with Crippen molar-refractivity contribution in [1.82, 2.24) is 5.32 Å². The van der Waals surface area contributed by atoms with Crippen molar-refractivity contribution in [2.45, 2.75) is 26.8 Å².